The fourth-order valence-corrected chi connectivity index (χ4v) is 5.53. The second-order valence-electron chi connectivity index (χ2n) is 9.90. The number of primary amides is 1. The van der Waals surface area contributed by atoms with Crippen molar-refractivity contribution < 1.29 is 27.5 Å². The number of alkyl halides is 3. The van der Waals surface area contributed by atoms with Gasteiger partial charge in [-0.25, -0.2) is 4.79 Å². The number of rotatable bonds is 4. The normalized spacial score (nSPS) is 23.1. The van der Waals surface area contributed by atoms with E-state index in [9.17, 15) is 22.8 Å². The van der Waals surface area contributed by atoms with E-state index in [1.165, 1.54) is 18.5 Å². The molecule has 0 radical (unpaired) electrons. The third kappa shape index (κ3) is 4.92. The average molecular weight is 507 g/mol. The van der Waals surface area contributed by atoms with Crippen molar-refractivity contribution in [3.63, 3.8) is 0 Å². The highest BCUT2D eigenvalue weighted by molar-refractivity contribution is 5.93. The summed E-state index contributed by atoms with van der Waals surface area (Å²) >= 11 is 0. The lowest BCUT2D eigenvalue weighted by Gasteiger charge is -2.31. The number of ether oxygens (including phenoxy) is 1. The lowest BCUT2D eigenvalue weighted by molar-refractivity contribution is -0.137. The van der Waals surface area contributed by atoms with Crippen molar-refractivity contribution in [1.29, 1.82) is 0 Å². The number of hydrogen-bond acceptors (Lipinski definition) is 6. The Morgan fingerprint density at radius 1 is 1.08 bits per heavy atom. The van der Waals surface area contributed by atoms with Crippen molar-refractivity contribution in [2.24, 2.45) is 11.1 Å². The van der Waals surface area contributed by atoms with Gasteiger partial charge < -0.3 is 20.3 Å². The van der Waals surface area contributed by atoms with Crippen LogP contribution >= 0.6 is 0 Å². The zero-order chi connectivity index (χ0) is 25.5. The molecule has 2 aromatic rings. The fraction of sp³-hybridized carbons (Fsp3) is 0.542. The minimum atomic E-state index is -4.42. The van der Waals surface area contributed by atoms with Gasteiger partial charge in [0, 0.05) is 56.6 Å². The molecule has 1 spiro atoms. The Bertz CT molecular complexity index is 1150. The number of hydrogen-bond donors (Lipinski definition) is 1. The molecular weight excluding hydrogens is 477 g/mol. The average Bonchev–Trinajstić information content (AvgIpc) is 3.59. The molecule has 1 aromatic carbocycles. The summed E-state index contributed by atoms with van der Waals surface area (Å²) in [4.78, 5) is 29.9. The monoisotopic (exact) mass is 506 g/mol. The number of nitrogens with zero attached hydrogens (tertiary/aromatic N) is 5. The van der Waals surface area contributed by atoms with Crippen LogP contribution in [-0.2, 0) is 17.5 Å². The van der Waals surface area contributed by atoms with Gasteiger partial charge in [0.05, 0.1) is 30.5 Å². The molecule has 12 heteroatoms. The number of morpholine rings is 1. The van der Waals surface area contributed by atoms with Crippen LogP contribution in [0.25, 0.3) is 0 Å². The van der Waals surface area contributed by atoms with Crippen molar-refractivity contribution in [1.82, 2.24) is 19.6 Å². The van der Waals surface area contributed by atoms with Gasteiger partial charge in [-0.2, -0.15) is 23.0 Å². The second kappa shape index (κ2) is 9.40. The first-order chi connectivity index (χ1) is 17.1. The van der Waals surface area contributed by atoms with Crippen LogP contribution in [0.15, 0.2) is 30.6 Å². The van der Waals surface area contributed by atoms with Crippen molar-refractivity contribution in [2.45, 2.75) is 25.6 Å². The van der Waals surface area contributed by atoms with Gasteiger partial charge in [-0.05, 0) is 37.1 Å². The van der Waals surface area contributed by atoms with Crippen molar-refractivity contribution in [2.75, 3.05) is 57.4 Å². The summed E-state index contributed by atoms with van der Waals surface area (Å²) in [6, 6.07) is 4.12. The van der Waals surface area contributed by atoms with Gasteiger partial charge in [-0.1, -0.05) is 6.07 Å². The summed E-state index contributed by atoms with van der Waals surface area (Å²) in [6.45, 7) is 4.95. The number of carbonyl (C=O) groups is 2. The van der Waals surface area contributed by atoms with E-state index in [0.29, 0.717) is 45.9 Å². The van der Waals surface area contributed by atoms with Crippen molar-refractivity contribution in [3.8, 4) is 0 Å². The van der Waals surface area contributed by atoms with Crippen LogP contribution < -0.4 is 10.6 Å². The maximum Gasteiger partial charge on any atom is 0.418 e. The summed E-state index contributed by atoms with van der Waals surface area (Å²) in [6.07, 6.45) is -0.0625. The number of aromatic nitrogens is 2. The van der Waals surface area contributed by atoms with Crippen LogP contribution in [0.2, 0.25) is 0 Å². The van der Waals surface area contributed by atoms with Crippen LogP contribution in [0, 0.1) is 5.41 Å². The molecule has 0 saturated carbocycles. The van der Waals surface area contributed by atoms with E-state index >= 15 is 0 Å². The standard InChI is InChI=1S/C24H29F3N6O3/c25-24(26,27)19-2-1-17(11-20(19)31-7-9-36-10-8-31)13-30-5-3-23(15-30)4-6-32(16-23)22(35)33-14-18(12-29-33)21(28)34/h1-2,11-12,14H,3-10,13,15-16H2,(H2,28,34). The third-order valence-electron chi connectivity index (χ3n) is 7.41. The van der Waals surface area contributed by atoms with Gasteiger partial charge in [0.2, 0.25) is 0 Å². The topological polar surface area (TPSA) is 96.9 Å². The Morgan fingerprint density at radius 2 is 1.83 bits per heavy atom. The number of halogens is 3. The summed E-state index contributed by atoms with van der Waals surface area (Å²) in [5.74, 6) is -0.640. The van der Waals surface area contributed by atoms with Gasteiger partial charge in [0.25, 0.3) is 5.91 Å². The molecule has 2 N–H and O–H groups in total. The van der Waals surface area contributed by atoms with Crippen LogP contribution in [-0.4, -0.2) is 84.0 Å². The first-order valence-electron chi connectivity index (χ1n) is 12.0. The maximum absolute atomic E-state index is 13.7. The van der Waals surface area contributed by atoms with Crippen molar-refractivity contribution in [3.05, 3.63) is 47.3 Å². The van der Waals surface area contributed by atoms with Gasteiger partial charge in [0.15, 0.2) is 0 Å². The molecule has 9 nitrogen and oxygen atoms in total. The molecule has 1 unspecified atom stereocenters. The van der Waals surface area contributed by atoms with E-state index in [4.69, 9.17) is 10.5 Å². The van der Waals surface area contributed by atoms with Crippen LogP contribution in [0.3, 0.4) is 0 Å². The SMILES string of the molecule is NC(=O)c1cnn(C(=O)N2CCC3(CCN(Cc4ccc(C(F)(F)F)c(N5CCOCC5)c4)C3)C2)c1. The summed E-state index contributed by atoms with van der Waals surface area (Å²) < 4.78 is 47.5. The number of anilines is 1. The number of carbonyl (C=O) groups excluding carboxylic acids is 2. The minimum absolute atomic E-state index is 0.0612. The molecular formula is C24H29F3N6O3. The molecule has 4 heterocycles. The Kier molecular flexibility index (Phi) is 6.41. The molecule has 3 aliphatic heterocycles. The first-order valence-corrected chi connectivity index (χ1v) is 12.0. The zero-order valence-corrected chi connectivity index (χ0v) is 19.8. The highest BCUT2D eigenvalue weighted by Crippen LogP contribution is 2.41. The third-order valence-corrected chi connectivity index (χ3v) is 7.41. The molecule has 1 atom stereocenters. The van der Waals surface area contributed by atoms with Crippen molar-refractivity contribution >= 4 is 17.6 Å². The van der Waals surface area contributed by atoms with E-state index in [1.54, 1.807) is 21.9 Å². The highest BCUT2D eigenvalue weighted by atomic mass is 19.4. The predicted molar refractivity (Wildman–Crippen MR) is 125 cm³/mol. The molecule has 0 aliphatic carbocycles. The lowest BCUT2D eigenvalue weighted by Crippen LogP contribution is -2.37. The number of benzene rings is 1. The van der Waals surface area contributed by atoms with Gasteiger partial charge >= 0.3 is 12.2 Å². The van der Waals surface area contributed by atoms with Crippen LogP contribution in [0.5, 0.6) is 0 Å². The Labute approximate surface area is 206 Å². The smallest absolute Gasteiger partial charge is 0.378 e. The number of nitrogens with two attached hydrogens (primary N) is 1. The first kappa shape index (κ1) is 24.6. The second-order valence-corrected chi connectivity index (χ2v) is 9.90. The molecule has 1 aromatic heterocycles. The molecule has 36 heavy (non-hydrogen) atoms. The van der Waals surface area contributed by atoms with E-state index in [-0.39, 0.29) is 22.7 Å². The minimum Gasteiger partial charge on any atom is -0.378 e. The summed E-state index contributed by atoms with van der Waals surface area (Å²) in [5.41, 5.74) is 5.80. The van der Waals surface area contributed by atoms with Gasteiger partial charge in [0.1, 0.15) is 0 Å². The summed E-state index contributed by atoms with van der Waals surface area (Å²) in [7, 11) is 0. The fourth-order valence-electron chi connectivity index (χ4n) is 5.53. The van der Waals surface area contributed by atoms with E-state index in [2.05, 4.69) is 10.00 Å². The van der Waals surface area contributed by atoms with Crippen LogP contribution in [0.4, 0.5) is 23.7 Å². The highest BCUT2D eigenvalue weighted by Gasteiger charge is 2.45. The Balaban J connectivity index is 1.25. The van der Waals surface area contributed by atoms with E-state index < -0.39 is 17.6 Å². The molecule has 3 aliphatic rings. The molecule has 5 rings (SSSR count). The Hall–Kier alpha value is -3.12. The Morgan fingerprint density at radius 3 is 2.53 bits per heavy atom. The van der Waals surface area contributed by atoms with Gasteiger partial charge in [-0.15, -0.1) is 0 Å². The molecule has 3 fully saturated rings. The molecule has 2 amide bonds. The number of amides is 2. The maximum atomic E-state index is 13.7. The molecule has 0 bridgehead atoms. The van der Waals surface area contributed by atoms with E-state index in [1.807, 2.05) is 0 Å². The predicted octanol–water partition coefficient (Wildman–Crippen LogP) is 2.40. The lowest BCUT2D eigenvalue weighted by atomic mass is 9.86. The van der Waals surface area contributed by atoms with Gasteiger partial charge in [-0.3, -0.25) is 9.69 Å². The largest absolute Gasteiger partial charge is 0.418 e. The molecule has 194 valence electrons. The quantitative estimate of drug-likeness (QED) is 0.684. The zero-order valence-electron chi connectivity index (χ0n) is 19.8. The van der Waals surface area contributed by atoms with Crippen LogP contribution in [0.1, 0.15) is 34.3 Å². The molecule has 3 saturated heterocycles. The van der Waals surface area contributed by atoms with E-state index in [0.717, 1.165) is 36.2 Å². The number of likely N-dealkylation sites (tertiary alicyclic amines) is 2. The summed E-state index contributed by atoms with van der Waals surface area (Å²) in [5, 5.41) is 3.96.